The number of thioether (sulfide) groups is 1. The molecule has 3 rings (SSSR count). The summed E-state index contributed by atoms with van der Waals surface area (Å²) < 4.78 is 6.83. The summed E-state index contributed by atoms with van der Waals surface area (Å²) in [6, 6.07) is 5.89. The van der Waals surface area contributed by atoms with Gasteiger partial charge in [-0.25, -0.2) is 4.99 Å². The zero-order valence-electron chi connectivity index (χ0n) is 19.1. The van der Waals surface area contributed by atoms with Crippen LogP contribution < -0.4 is 5.32 Å². The van der Waals surface area contributed by atoms with E-state index in [0.29, 0.717) is 30.4 Å². The summed E-state index contributed by atoms with van der Waals surface area (Å²) in [5.41, 5.74) is 4.95. The fourth-order valence-electron chi connectivity index (χ4n) is 3.38. The highest BCUT2D eigenvalue weighted by Gasteiger charge is 2.30. The van der Waals surface area contributed by atoms with E-state index >= 15 is 0 Å². The van der Waals surface area contributed by atoms with Gasteiger partial charge in [0.05, 0.1) is 11.4 Å². The van der Waals surface area contributed by atoms with Crippen molar-refractivity contribution in [3.05, 3.63) is 52.5 Å². The molecule has 2 amide bonds. The van der Waals surface area contributed by atoms with Gasteiger partial charge in [-0.1, -0.05) is 29.5 Å². The summed E-state index contributed by atoms with van der Waals surface area (Å²) in [4.78, 5) is 31.7. The van der Waals surface area contributed by atoms with Gasteiger partial charge in [0.25, 0.3) is 5.91 Å². The Labute approximate surface area is 192 Å². The fourth-order valence-corrected chi connectivity index (χ4v) is 4.21. The van der Waals surface area contributed by atoms with E-state index in [0.717, 1.165) is 28.1 Å². The average molecular weight is 456 g/mol. The smallest absolute Gasteiger partial charge is 0.278 e. The van der Waals surface area contributed by atoms with Gasteiger partial charge in [-0.15, -0.1) is 0 Å². The third-order valence-corrected chi connectivity index (χ3v) is 5.95. The molecule has 9 heteroatoms. The van der Waals surface area contributed by atoms with E-state index in [-0.39, 0.29) is 17.6 Å². The van der Waals surface area contributed by atoms with Gasteiger partial charge >= 0.3 is 0 Å². The molecule has 1 aromatic heterocycles. The maximum atomic E-state index is 13.0. The van der Waals surface area contributed by atoms with E-state index < -0.39 is 0 Å². The average Bonchev–Trinajstić information content (AvgIpc) is 3.21. The predicted molar refractivity (Wildman–Crippen MR) is 129 cm³/mol. The summed E-state index contributed by atoms with van der Waals surface area (Å²) in [6.07, 6.45) is 4.27. The number of aliphatic imine (C=N–C) groups is 1. The zero-order valence-corrected chi connectivity index (χ0v) is 20.0. The number of amides is 2. The summed E-state index contributed by atoms with van der Waals surface area (Å²) >= 11 is 1.25. The van der Waals surface area contributed by atoms with Gasteiger partial charge in [0.15, 0.2) is 5.17 Å². The number of aromatic nitrogens is 2. The first-order valence-electron chi connectivity index (χ1n) is 10.4. The van der Waals surface area contributed by atoms with E-state index in [1.54, 1.807) is 22.8 Å². The number of aryl methyl sites for hydroxylation is 4. The molecule has 1 N–H and O–H groups in total. The first-order chi connectivity index (χ1) is 15.3. The molecule has 0 fully saturated rings. The third kappa shape index (κ3) is 5.86. The lowest BCUT2D eigenvalue weighted by Gasteiger charge is -2.17. The third-order valence-electron chi connectivity index (χ3n) is 4.97. The SMILES string of the molecule is COCCCN1C(=O)C(=Cc2cn(C)nc2C)N=C1SCC(=O)Nc1ccc(C)cc1C. The van der Waals surface area contributed by atoms with Crippen LogP contribution in [0, 0.1) is 20.8 Å². The van der Waals surface area contributed by atoms with Crippen LogP contribution in [-0.4, -0.2) is 57.7 Å². The molecule has 2 aromatic rings. The Hall–Kier alpha value is -2.91. The number of rotatable bonds is 8. The van der Waals surface area contributed by atoms with Crippen LogP contribution in [-0.2, 0) is 21.4 Å². The largest absolute Gasteiger partial charge is 0.385 e. The number of hydrogen-bond acceptors (Lipinski definition) is 6. The van der Waals surface area contributed by atoms with Gasteiger partial charge in [-0.3, -0.25) is 19.2 Å². The normalized spacial score (nSPS) is 14.9. The lowest BCUT2D eigenvalue weighted by atomic mass is 10.1. The van der Waals surface area contributed by atoms with Crippen molar-refractivity contribution in [2.75, 3.05) is 31.3 Å². The van der Waals surface area contributed by atoms with E-state index in [1.165, 1.54) is 11.8 Å². The van der Waals surface area contributed by atoms with Crippen LogP contribution >= 0.6 is 11.8 Å². The van der Waals surface area contributed by atoms with Crippen molar-refractivity contribution in [3.63, 3.8) is 0 Å². The number of ether oxygens (including phenoxy) is 1. The van der Waals surface area contributed by atoms with Crippen LogP contribution in [0.4, 0.5) is 5.69 Å². The van der Waals surface area contributed by atoms with Crippen molar-refractivity contribution in [1.29, 1.82) is 0 Å². The summed E-state index contributed by atoms with van der Waals surface area (Å²) in [5.74, 6) is -0.171. The van der Waals surface area contributed by atoms with Crippen molar-refractivity contribution in [3.8, 4) is 0 Å². The topological polar surface area (TPSA) is 88.8 Å². The quantitative estimate of drug-likeness (QED) is 0.487. The Balaban J connectivity index is 1.73. The zero-order chi connectivity index (χ0) is 23.3. The van der Waals surface area contributed by atoms with Crippen LogP contribution in [0.25, 0.3) is 6.08 Å². The minimum atomic E-state index is -0.179. The highest BCUT2D eigenvalue weighted by atomic mass is 32.2. The van der Waals surface area contributed by atoms with Crippen LogP contribution in [0.3, 0.4) is 0 Å². The number of hydrogen-bond donors (Lipinski definition) is 1. The van der Waals surface area contributed by atoms with E-state index in [1.807, 2.05) is 52.2 Å². The molecule has 0 spiro atoms. The van der Waals surface area contributed by atoms with Gasteiger partial charge in [0.2, 0.25) is 5.91 Å². The highest BCUT2D eigenvalue weighted by molar-refractivity contribution is 8.14. The highest BCUT2D eigenvalue weighted by Crippen LogP contribution is 2.25. The molecule has 0 atom stereocenters. The first kappa shape index (κ1) is 23.7. The first-order valence-corrected chi connectivity index (χ1v) is 11.4. The molecular formula is C23H29N5O3S. The molecule has 32 heavy (non-hydrogen) atoms. The van der Waals surface area contributed by atoms with Gasteiger partial charge < -0.3 is 10.1 Å². The van der Waals surface area contributed by atoms with Gasteiger partial charge in [0.1, 0.15) is 5.70 Å². The molecule has 0 unspecified atom stereocenters. The molecule has 1 aliphatic rings. The second kappa shape index (κ2) is 10.6. The van der Waals surface area contributed by atoms with Crippen LogP contribution in [0.15, 0.2) is 35.1 Å². The summed E-state index contributed by atoms with van der Waals surface area (Å²) in [5, 5.41) is 7.77. The predicted octanol–water partition coefficient (Wildman–Crippen LogP) is 3.29. The monoisotopic (exact) mass is 455 g/mol. The van der Waals surface area contributed by atoms with E-state index in [4.69, 9.17) is 4.74 Å². The van der Waals surface area contributed by atoms with Gasteiger partial charge in [-0.05, 0) is 44.9 Å². The Morgan fingerprint density at radius 2 is 2.06 bits per heavy atom. The molecule has 0 saturated heterocycles. The summed E-state index contributed by atoms with van der Waals surface area (Å²) in [7, 11) is 3.46. The number of amidine groups is 1. The Bertz CT molecular complexity index is 1070. The maximum absolute atomic E-state index is 13.0. The second-order valence-corrected chi connectivity index (χ2v) is 8.67. The number of methoxy groups -OCH3 is 1. The van der Waals surface area contributed by atoms with E-state index in [9.17, 15) is 9.59 Å². The number of nitrogens with zero attached hydrogens (tertiary/aromatic N) is 4. The van der Waals surface area contributed by atoms with Crippen LogP contribution in [0.5, 0.6) is 0 Å². The minimum absolute atomic E-state index is 0.144. The second-order valence-electron chi connectivity index (χ2n) is 7.73. The molecular weight excluding hydrogens is 426 g/mol. The number of nitrogens with one attached hydrogen (secondary N) is 1. The van der Waals surface area contributed by atoms with Gasteiger partial charge in [0, 0.05) is 44.8 Å². The molecule has 170 valence electrons. The number of benzene rings is 1. The van der Waals surface area contributed by atoms with E-state index in [2.05, 4.69) is 15.4 Å². The molecule has 1 aliphatic heterocycles. The number of anilines is 1. The lowest BCUT2D eigenvalue weighted by Crippen LogP contribution is -2.32. The number of carbonyl (C=O) groups is 2. The van der Waals surface area contributed by atoms with Crippen molar-refractivity contribution in [2.45, 2.75) is 27.2 Å². The van der Waals surface area contributed by atoms with Crippen molar-refractivity contribution < 1.29 is 14.3 Å². The van der Waals surface area contributed by atoms with Crippen molar-refractivity contribution >= 4 is 40.5 Å². The molecule has 8 nitrogen and oxygen atoms in total. The van der Waals surface area contributed by atoms with Crippen molar-refractivity contribution in [1.82, 2.24) is 14.7 Å². The molecule has 0 bridgehead atoms. The van der Waals surface area contributed by atoms with Crippen LogP contribution in [0.2, 0.25) is 0 Å². The fraction of sp³-hybridized carbons (Fsp3) is 0.391. The summed E-state index contributed by atoms with van der Waals surface area (Å²) in [6.45, 7) is 6.87. The number of carbonyl (C=O) groups excluding carboxylic acids is 2. The van der Waals surface area contributed by atoms with Gasteiger partial charge in [-0.2, -0.15) is 5.10 Å². The Morgan fingerprint density at radius 1 is 1.28 bits per heavy atom. The lowest BCUT2D eigenvalue weighted by molar-refractivity contribution is -0.122. The van der Waals surface area contributed by atoms with Crippen molar-refractivity contribution in [2.24, 2.45) is 12.0 Å². The Kier molecular flexibility index (Phi) is 7.87. The molecule has 0 saturated carbocycles. The molecule has 2 heterocycles. The molecule has 0 aliphatic carbocycles. The molecule has 1 aromatic carbocycles. The van der Waals surface area contributed by atoms with Crippen LogP contribution in [0.1, 0.15) is 28.8 Å². The Morgan fingerprint density at radius 3 is 2.72 bits per heavy atom. The molecule has 0 radical (unpaired) electrons. The maximum Gasteiger partial charge on any atom is 0.278 e. The minimum Gasteiger partial charge on any atom is -0.385 e. The standard InChI is InChI=1S/C23H29N5O3S/c1-15-7-8-19(16(2)11-15)24-21(29)14-32-23-25-20(12-18-13-27(4)26-17(18)3)22(30)28(23)9-6-10-31-5/h7-8,11-13H,6,9-10,14H2,1-5H3,(H,24,29).